The fourth-order valence-electron chi connectivity index (χ4n) is 1.93. The first kappa shape index (κ1) is 16.3. The topological polar surface area (TPSA) is 131 Å². The molecular weight excluding hydrogens is 298 g/mol. The quantitative estimate of drug-likeness (QED) is 0.682. The van der Waals surface area contributed by atoms with E-state index in [1.165, 1.54) is 0 Å². The van der Waals surface area contributed by atoms with Crippen LogP contribution in [0.2, 0.25) is 0 Å². The highest BCUT2D eigenvalue weighted by molar-refractivity contribution is 5.95. The zero-order valence-corrected chi connectivity index (χ0v) is 12.8. The number of hydrogen-bond donors (Lipinski definition) is 3. The molecule has 0 amide bonds. The summed E-state index contributed by atoms with van der Waals surface area (Å²) in [5.41, 5.74) is 8.66. The van der Waals surface area contributed by atoms with Crippen LogP contribution in [0.25, 0.3) is 0 Å². The maximum absolute atomic E-state index is 11.5. The van der Waals surface area contributed by atoms with Crippen molar-refractivity contribution < 1.29 is 14.7 Å². The number of rotatable bonds is 6. The molecule has 2 aromatic rings. The van der Waals surface area contributed by atoms with Crippen molar-refractivity contribution in [3.05, 3.63) is 35.2 Å². The van der Waals surface area contributed by atoms with Gasteiger partial charge in [0.1, 0.15) is 12.2 Å². The van der Waals surface area contributed by atoms with Crippen LogP contribution in [-0.2, 0) is 16.0 Å². The maximum Gasteiger partial charge on any atom is 0.310 e. The summed E-state index contributed by atoms with van der Waals surface area (Å²) in [6, 6.07) is 5.77. The number of carboxylic acids is 1. The molecule has 0 aliphatic heterocycles. The third-order valence-electron chi connectivity index (χ3n) is 3.17. The lowest BCUT2D eigenvalue weighted by Gasteiger charge is -2.08. The standard InChI is InChI=1S/C15H17N5O3/c1-8-3-4-10(5-9(8)2)17-15-19-12(18-14(16)20-15)6-11(21)7-13(22)23/h3-5H,6-7H2,1-2H3,(H,22,23)(H3,16,17,18,19,20). The third-order valence-corrected chi connectivity index (χ3v) is 3.17. The second kappa shape index (κ2) is 6.82. The molecule has 0 aliphatic carbocycles. The Morgan fingerprint density at radius 1 is 1.17 bits per heavy atom. The molecule has 0 fully saturated rings. The summed E-state index contributed by atoms with van der Waals surface area (Å²) in [6.45, 7) is 3.99. The number of aliphatic carboxylic acids is 1. The minimum absolute atomic E-state index is 0.0375. The van der Waals surface area contributed by atoms with Gasteiger partial charge in [-0.15, -0.1) is 0 Å². The fraction of sp³-hybridized carbons (Fsp3) is 0.267. The number of benzene rings is 1. The van der Waals surface area contributed by atoms with Gasteiger partial charge in [0.25, 0.3) is 0 Å². The van der Waals surface area contributed by atoms with Crippen molar-refractivity contribution in [2.24, 2.45) is 0 Å². The summed E-state index contributed by atoms with van der Waals surface area (Å²) < 4.78 is 0. The van der Waals surface area contributed by atoms with E-state index in [-0.39, 0.29) is 24.1 Å². The Bertz CT molecular complexity index is 761. The van der Waals surface area contributed by atoms with Gasteiger partial charge in [0.05, 0.1) is 6.42 Å². The Kier molecular flexibility index (Phi) is 4.85. The fourth-order valence-corrected chi connectivity index (χ4v) is 1.93. The normalized spacial score (nSPS) is 10.3. The molecule has 8 nitrogen and oxygen atoms in total. The van der Waals surface area contributed by atoms with E-state index in [0.29, 0.717) is 0 Å². The van der Waals surface area contributed by atoms with Gasteiger partial charge in [-0.3, -0.25) is 9.59 Å². The minimum atomic E-state index is -1.19. The molecular formula is C15H17N5O3. The smallest absolute Gasteiger partial charge is 0.310 e. The Hall–Kier alpha value is -3.03. The SMILES string of the molecule is Cc1ccc(Nc2nc(N)nc(CC(=O)CC(=O)O)n2)cc1C. The lowest BCUT2D eigenvalue weighted by Crippen LogP contribution is -2.14. The van der Waals surface area contributed by atoms with Crippen molar-refractivity contribution in [3.8, 4) is 0 Å². The summed E-state index contributed by atoms with van der Waals surface area (Å²) >= 11 is 0. The zero-order chi connectivity index (χ0) is 17.0. The highest BCUT2D eigenvalue weighted by atomic mass is 16.4. The van der Waals surface area contributed by atoms with Crippen LogP contribution in [0.3, 0.4) is 0 Å². The number of hydrogen-bond acceptors (Lipinski definition) is 7. The first-order valence-electron chi connectivity index (χ1n) is 6.91. The van der Waals surface area contributed by atoms with Crippen LogP contribution in [-0.4, -0.2) is 31.8 Å². The molecule has 0 saturated carbocycles. The monoisotopic (exact) mass is 315 g/mol. The number of nitrogens with zero attached hydrogens (tertiary/aromatic N) is 3. The van der Waals surface area contributed by atoms with Gasteiger partial charge in [-0.2, -0.15) is 15.0 Å². The lowest BCUT2D eigenvalue weighted by atomic mass is 10.1. The molecule has 0 aliphatic rings. The van der Waals surface area contributed by atoms with Gasteiger partial charge in [0, 0.05) is 5.69 Å². The largest absolute Gasteiger partial charge is 0.481 e. The number of ketones is 1. The van der Waals surface area contributed by atoms with Crippen molar-refractivity contribution in [2.45, 2.75) is 26.7 Å². The highest BCUT2D eigenvalue weighted by Crippen LogP contribution is 2.17. The number of anilines is 3. The predicted octanol–water partition coefficient (Wildman–Crippen LogP) is 1.40. The molecule has 0 bridgehead atoms. The van der Waals surface area contributed by atoms with Crippen molar-refractivity contribution in [1.82, 2.24) is 15.0 Å². The molecule has 1 aromatic heterocycles. The molecule has 8 heteroatoms. The Morgan fingerprint density at radius 3 is 2.57 bits per heavy atom. The third kappa shape index (κ3) is 4.73. The Labute approximate surface area is 132 Å². The lowest BCUT2D eigenvalue weighted by molar-refractivity contribution is -0.140. The van der Waals surface area contributed by atoms with Gasteiger partial charge >= 0.3 is 5.97 Å². The van der Waals surface area contributed by atoms with Crippen LogP contribution in [0, 0.1) is 13.8 Å². The number of Topliss-reactive ketones (excluding diaryl/α,β-unsaturated/α-hetero) is 1. The van der Waals surface area contributed by atoms with Crippen LogP contribution in [0.15, 0.2) is 18.2 Å². The molecule has 0 atom stereocenters. The summed E-state index contributed by atoms with van der Waals surface area (Å²) in [7, 11) is 0. The van der Waals surface area contributed by atoms with Crippen molar-refractivity contribution in [2.75, 3.05) is 11.1 Å². The van der Waals surface area contributed by atoms with Crippen LogP contribution in [0.5, 0.6) is 0 Å². The molecule has 1 heterocycles. The van der Waals surface area contributed by atoms with Gasteiger partial charge in [-0.25, -0.2) is 0 Å². The van der Waals surface area contributed by atoms with Crippen LogP contribution in [0.4, 0.5) is 17.6 Å². The summed E-state index contributed by atoms with van der Waals surface area (Å²) in [4.78, 5) is 34.0. The first-order chi connectivity index (χ1) is 10.8. The zero-order valence-electron chi connectivity index (χ0n) is 12.8. The molecule has 2 rings (SSSR count). The molecule has 23 heavy (non-hydrogen) atoms. The van der Waals surface area contributed by atoms with E-state index in [9.17, 15) is 9.59 Å². The molecule has 0 spiro atoms. The van der Waals surface area contributed by atoms with E-state index in [4.69, 9.17) is 10.8 Å². The van der Waals surface area contributed by atoms with Crippen molar-refractivity contribution in [3.63, 3.8) is 0 Å². The molecule has 0 unspecified atom stereocenters. The summed E-state index contributed by atoms with van der Waals surface area (Å²) in [5, 5.41) is 11.6. The molecule has 0 radical (unpaired) electrons. The molecule has 120 valence electrons. The second-order valence-corrected chi connectivity index (χ2v) is 5.14. The Balaban J connectivity index is 2.17. The maximum atomic E-state index is 11.5. The number of carboxylic acid groups (broad SMARTS) is 1. The van der Waals surface area contributed by atoms with Crippen LogP contribution < -0.4 is 11.1 Å². The van der Waals surface area contributed by atoms with Crippen molar-refractivity contribution in [1.29, 1.82) is 0 Å². The Morgan fingerprint density at radius 2 is 1.91 bits per heavy atom. The summed E-state index contributed by atoms with van der Waals surface area (Å²) in [5.74, 6) is -1.39. The number of carbonyl (C=O) groups is 2. The highest BCUT2D eigenvalue weighted by Gasteiger charge is 2.13. The first-order valence-corrected chi connectivity index (χ1v) is 6.91. The molecule has 1 aromatic carbocycles. The van der Waals surface area contributed by atoms with Gasteiger partial charge in [0.2, 0.25) is 11.9 Å². The summed E-state index contributed by atoms with van der Waals surface area (Å²) in [6.07, 6.45) is -0.786. The average Bonchev–Trinajstić information content (AvgIpc) is 2.41. The number of nitrogens with one attached hydrogen (secondary N) is 1. The number of nitrogens with two attached hydrogens (primary N) is 1. The van der Waals surface area contributed by atoms with Gasteiger partial charge in [0.15, 0.2) is 5.78 Å². The molecule has 4 N–H and O–H groups in total. The number of aryl methyl sites for hydroxylation is 2. The van der Waals surface area contributed by atoms with Gasteiger partial charge in [-0.05, 0) is 37.1 Å². The van der Waals surface area contributed by atoms with E-state index in [1.54, 1.807) is 0 Å². The van der Waals surface area contributed by atoms with E-state index in [1.807, 2.05) is 32.0 Å². The molecule has 0 saturated heterocycles. The average molecular weight is 315 g/mol. The van der Waals surface area contributed by atoms with E-state index >= 15 is 0 Å². The van der Waals surface area contributed by atoms with E-state index < -0.39 is 18.2 Å². The number of nitrogen functional groups attached to an aromatic ring is 1. The van der Waals surface area contributed by atoms with E-state index in [0.717, 1.165) is 16.8 Å². The van der Waals surface area contributed by atoms with Gasteiger partial charge in [-0.1, -0.05) is 6.07 Å². The van der Waals surface area contributed by atoms with Crippen LogP contribution in [0.1, 0.15) is 23.4 Å². The van der Waals surface area contributed by atoms with Crippen LogP contribution >= 0.6 is 0 Å². The number of aromatic nitrogens is 3. The van der Waals surface area contributed by atoms with E-state index in [2.05, 4.69) is 20.3 Å². The predicted molar refractivity (Wildman–Crippen MR) is 84.4 cm³/mol. The van der Waals surface area contributed by atoms with Gasteiger partial charge < -0.3 is 16.2 Å². The second-order valence-electron chi connectivity index (χ2n) is 5.14. The van der Waals surface area contributed by atoms with Crippen molar-refractivity contribution >= 4 is 29.3 Å². The minimum Gasteiger partial charge on any atom is -0.481 e. The number of carbonyl (C=O) groups excluding carboxylic acids is 1.